The number of nitrogens with zero attached hydrogens (tertiary/aromatic N) is 5. The maximum Gasteiger partial charge on any atom is 0.282 e. The SMILES string of the molecule is C[C@@H](CC#N)N(C)S(=O)(=O)N1CCCN(c2ccccn2)CC1. The molecule has 126 valence electrons. The Morgan fingerprint density at radius 3 is 2.78 bits per heavy atom. The average Bonchev–Trinajstić information content (AvgIpc) is 2.81. The minimum Gasteiger partial charge on any atom is -0.355 e. The zero-order valence-electron chi connectivity index (χ0n) is 13.6. The molecule has 8 heteroatoms. The van der Waals surface area contributed by atoms with Crippen molar-refractivity contribution in [2.75, 3.05) is 38.1 Å². The van der Waals surface area contributed by atoms with Crippen molar-refractivity contribution in [3.05, 3.63) is 24.4 Å². The topological polar surface area (TPSA) is 80.5 Å². The standard InChI is InChI=1S/C15H23N5O2S/c1-14(7-8-16)18(2)23(21,22)20-11-5-10-19(12-13-20)15-6-3-4-9-17-15/h3-4,6,9,14H,5,7,10-13H2,1-2H3/t14-/m0/s1. The number of hydrogen-bond acceptors (Lipinski definition) is 5. The molecule has 0 unspecified atom stereocenters. The second kappa shape index (κ2) is 7.73. The molecule has 1 saturated heterocycles. The minimum atomic E-state index is -3.54. The van der Waals surface area contributed by atoms with Crippen LogP contribution in [0, 0.1) is 11.3 Å². The van der Waals surface area contributed by atoms with Crippen molar-refractivity contribution in [1.29, 1.82) is 5.26 Å². The van der Waals surface area contributed by atoms with Gasteiger partial charge in [0.25, 0.3) is 10.2 Å². The van der Waals surface area contributed by atoms with E-state index in [9.17, 15) is 8.42 Å². The Hall–Kier alpha value is -1.69. The molecule has 0 aliphatic carbocycles. The zero-order valence-corrected chi connectivity index (χ0v) is 14.4. The summed E-state index contributed by atoms with van der Waals surface area (Å²) in [5, 5.41) is 8.77. The minimum absolute atomic E-state index is 0.184. The smallest absolute Gasteiger partial charge is 0.282 e. The van der Waals surface area contributed by atoms with Gasteiger partial charge in [-0.1, -0.05) is 6.07 Å². The van der Waals surface area contributed by atoms with Crippen LogP contribution in [0.3, 0.4) is 0 Å². The fourth-order valence-corrected chi connectivity index (χ4v) is 4.13. The third-order valence-electron chi connectivity index (χ3n) is 4.13. The molecule has 0 bridgehead atoms. The number of hydrogen-bond donors (Lipinski definition) is 0. The van der Waals surface area contributed by atoms with Crippen LogP contribution in [0.5, 0.6) is 0 Å². The first-order chi connectivity index (χ1) is 11.0. The van der Waals surface area contributed by atoms with Crippen LogP contribution in [-0.4, -0.2) is 61.3 Å². The van der Waals surface area contributed by atoms with Gasteiger partial charge in [-0.3, -0.25) is 0 Å². The van der Waals surface area contributed by atoms with E-state index < -0.39 is 10.2 Å². The van der Waals surface area contributed by atoms with Gasteiger partial charge >= 0.3 is 0 Å². The fraction of sp³-hybridized carbons (Fsp3) is 0.600. The second-order valence-electron chi connectivity index (χ2n) is 5.66. The van der Waals surface area contributed by atoms with Gasteiger partial charge in [-0.05, 0) is 25.5 Å². The predicted octanol–water partition coefficient (Wildman–Crippen LogP) is 1.07. The third kappa shape index (κ3) is 4.19. The van der Waals surface area contributed by atoms with Crippen molar-refractivity contribution in [3.8, 4) is 6.07 Å². The normalized spacial score (nSPS) is 18.4. The van der Waals surface area contributed by atoms with Crippen molar-refractivity contribution in [1.82, 2.24) is 13.6 Å². The molecule has 1 aliphatic heterocycles. The van der Waals surface area contributed by atoms with E-state index in [0.717, 1.165) is 18.8 Å². The predicted molar refractivity (Wildman–Crippen MR) is 89.0 cm³/mol. The number of aromatic nitrogens is 1. The van der Waals surface area contributed by atoms with Crippen LogP contribution in [-0.2, 0) is 10.2 Å². The molecular weight excluding hydrogens is 314 g/mol. The van der Waals surface area contributed by atoms with Crippen LogP contribution in [0.4, 0.5) is 5.82 Å². The lowest BCUT2D eigenvalue weighted by Crippen LogP contribution is -2.46. The van der Waals surface area contributed by atoms with E-state index >= 15 is 0 Å². The lowest BCUT2D eigenvalue weighted by Gasteiger charge is -2.29. The summed E-state index contributed by atoms with van der Waals surface area (Å²) in [6.07, 6.45) is 2.67. The molecule has 0 amide bonds. The first kappa shape index (κ1) is 17.7. The van der Waals surface area contributed by atoms with Crippen molar-refractivity contribution in [3.63, 3.8) is 0 Å². The molecule has 0 saturated carbocycles. The fourth-order valence-electron chi connectivity index (χ4n) is 2.56. The Morgan fingerprint density at radius 1 is 1.35 bits per heavy atom. The highest BCUT2D eigenvalue weighted by Gasteiger charge is 2.31. The Morgan fingerprint density at radius 2 is 2.13 bits per heavy atom. The lowest BCUT2D eigenvalue weighted by molar-refractivity contribution is 0.334. The second-order valence-corrected chi connectivity index (χ2v) is 7.65. The zero-order chi connectivity index (χ0) is 16.9. The van der Waals surface area contributed by atoms with Crippen LogP contribution >= 0.6 is 0 Å². The maximum absolute atomic E-state index is 12.7. The average molecular weight is 337 g/mol. The van der Waals surface area contributed by atoms with Crippen molar-refractivity contribution >= 4 is 16.0 Å². The van der Waals surface area contributed by atoms with Gasteiger partial charge in [0.2, 0.25) is 0 Å². The van der Waals surface area contributed by atoms with Gasteiger partial charge in [-0.15, -0.1) is 0 Å². The summed E-state index contributed by atoms with van der Waals surface area (Å²) in [6.45, 7) is 4.04. The van der Waals surface area contributed by atoms with Crippen molar-refractivity contribution in [2.24, 2.45) is 0 Å². The molecule has 2 rings (SSSR count). The molecule has 0 radical (unpaired) electrons. The summed E-state index contributed by atoms with van der Waals surface area (Å²) in [5.74, 6) is 0.873. The highest BCUT2D eigenvalue weighted by atomic mass is 32.2. The largest absolute Gasteiger partial charge is 0.355 e. The molecule has 0 N–H and O–H groups in total. The van der Waals surface area contributed by atoms with Gasteiger partial charge in [0.05, 0.1) is 12.5 Å². The molecule has 1 aromatic heterocycles. The van der Waals surface area contributed by atoms with Crippen molar-refractivity contribution < 1.29 is 8.42 Å². The summed E-state index contributed by atoms with van der Waals surface area (Å²) in [6, 6.07) is 7.42. The van der Waals surface area contributed by atoms with Gasteiger partial charge in [0, 0.05) is 45.5 Å². The molecule has 1 aromatic rings. The Labute approximate surface area is 138 Å². The Bertz CT molecular complexity index is 644. The van der Waals surface area contributed by atoms with E-state index in [2.05, 4.69) is 9.88 Å². The first-order valence-corrected chi connectivity index (χ1v) is 9.12. The highest BCUT2D eigenvalue weighted by molar-refractivity contribution is 7.86. The molecule has 0 aromatic carbocycles. The van der Waals surface area contributed by atoms with Crippen LogP contribution < -0.4 is 4.90 Å². The van der Waals surface area contributed by atoms with Gasteiger partial charge < -0.3 is 4.90 Å². The van der Waals surface area contributed by atoms with Crippen LogP contribution in [0.2, 0.25) is 0 Å². The van der Waals surface area contributed by atoms with Crippen LogP contribution in [0.15, 0.2) is 24.4 Å². The Balaban J connectivity index is 2.06. The van der Waals surface area contributed by atoms with Gasteiger partial charge in [0.15, 0.2) is 0 Å². The van der Waals surface area contributed by atoms with Gasteiger partial charge in [-0.2, -0.15) is 22.3 Å². The van der Waals surface area contributed by atoms with E-state index in [4.69, 9.17) is 5.26 Å². The van der Waals surface area contributed by atoms with Crippen LogP contribution in [0.25, 0.3) is 0 Å². The molecular formula is C15H23N5O2S. The summed E-state index contributed by atoms with van der Waals surface area (Å²) in [5.41, 5.74) is 0. The van der Waals surface area contributed by atoms with Gasteiger partial charge in [-0.25, -0.2) is 4.98 Å². The number of anilines is 1. The van der Waals surface area contributed by atoms with E-state index in [0.29, 0.717) is 19.6 Å². The summed E-state index contributed by atoms with van der Waals surface area (Å²) >= 11 is 0. The van der Waals surface area contributed by atoms with Crippen LogP contribution in [0.1, 0.15) is 19.8 Å². The molecule has 1 fully saturated rings. The summed E-state index contributed by atoms with van der Waals surface area (Å²) in [7, 11) is -2.00. The molecule has 23 heavy (non-hydrogen) atoms. The number of rotatable bonds is 5. The van der Waals surface area contributed by atoms with Gasteiger partial charge in [0.1, 0.15) is 5.82 Å². The molecule has 0 spiro atoms. The lowest BCUT2D eigenvalue weighted by atomic mass is 10.3. The maximum atomic E-state index is 12.7. The van der Waals surface area contributed by atoms with E-state index in [1.54, 1.807) is 20.2 Å². The summed E-state index contributed by atoms with van der Waals surface area (Å²) < 4.78 is 28.2. The molecule has 1 aliphatic rings. The quantitative estimate of drug-likeness (QED) is 0.803. The molecule has 2 heterocycles. The highest BCUT2D eigenvalue weighted by Crippen LogP contribution is 2.17. The van der Waals surface area contributed by atoms with E-state index in [-0.39, 0.29) is 12.5 Å². The number of nitriles is 1. The monoisotopic (exact) mass is 337 g/mol. The van der Waals surface area contributed by atoms with E-state index in [1.165, 1.54) is 8.61 Å². The Kier molecular flexibility index (Phi) is 5.93. The molecule has 7 nitrogen and oxygen atoms in total. The number of pyridine rings is 1. The summed E-state index contributed by atoms with van der Waals surface area (Å²) in [4.78, 5) is 6.44. The molecule has 1 atom stereocenters. The van der Waals surface area contributed by atoms with Crippen molar-refractivity contribution in [2.45, 2.75) is 25.8 Å². The third-order valence-corrected chi connectivity index (χ3v) is 6.23. The van der Waals surface area contributed by atoms with E-state index in [1.807, 2.05) is 24.3 Å². The first-order valence-electron chi connectivity index (χ1n) is 7.73.